The molecule has 2 aromatic rings. The zero-order chi connectivity index (χ0) is 9.42. The van der Waals surface area contributed by atoms with Crippen molar-refractivity contribution in [1.82, 2.24) is 0 Å². The summed E-state index contributed by atoms with van der Waals surface area (Å²) in [5, 5.41) is 2.19. The lowest BCUT2D eigenvalue weighted by molar-refractivity contribution is 0.112. The van der Waals surface area contributed by atoms with Gasteiger partial charge in [0.15, 0.2) is 6.29 Å². The Kier molecular flexibility index (Phi) is 2.06. The third kappa shape index (κ3) is 1.24. The van der Waals surface area contributed by atoms with E-state index in [4.69, 9.17) is 11.6 Å². The molecule has 1 nitrogen and oxygen atoms in total. The van der Waals surface area contributed by atoms with Crippen molar-refractivity contribution in [1.29, 1.82) is 0 Å². The van der Waals surface area contributed by atoms with E-state index in [2.05, 4.69) is 0 Å². The molecule has 0 aliphatic heterocycles. The van der Waals surface area contributed by atoms with Crippen molar-refractivity contribution in [2.45, 2.75) is 0 Å². The second-order valence-corrected chi connectivity index (χ2v) is 3.83. The Hall–Kier alpha value is -0.930. The highest BCUT2D eigenvalue weighted by Gasteiger charge is 2.09. The van der Waals surface area contributed by atoms with E-state index in [9.17, 15) is 9.18 Å². The van der Waals surface area contributed by atoms with Crippen molar-refractivity contribution >= 4 is 39.3 Å². The second kappa shape index (κ2) is 3.09. The molecule has 0 amide bonds. The summed E-state index contributed by atoms with van der Waals surface area (Å²) in [5.74, 6) is -0.306. The molecule has 1 heterocycles. The van der Waals surface area contributed by atoms with Crippen molar-refractivity contribution in [3.05, 3.63) is 33.9 Å². The van der Waals surface area contributed by atoms with Crippen molar-refractivity contribution in [3.63, 3.8) is 0 Å². The molecule has 66 valence electrons. The molecule has 4 heteroatoms. The van der Waals surface area contributed by atoms with Crippen molar-refractivity contribution in [2.75, 3.05) is 0 Å². The number of rotatable bonds is 1. The molecule has 0 N–H and O–H groups in total. The minimum absolute atomic E-state index is 0.306. The highest BCUT2D eigenvalue weighted by molar-refractivity contribution is 7.17. The lowest BCUT2D eigenvalue weighted by Gasteiger charge is -1.96. The first-order valence-corrected chi connectivity index (χ1v) is 4.80. The van der Waals surface area contributed by atoms with Gasteiger partial charge in [0.05, 0.1) is 10.6 Å². The van der Waals surface area contributed by atoms with Crippen LogP contribution in [0.1, 0.15) is 10.4 Å². The number of benzene rings is 1. The Bertz CT molecular complexity index is 478. The summed E-state index contributed by atoms with van der Waals surface area (Å²) in [7, 11) is 0. The number of carbonyl (C=O) groups is 1. The third-order valence-electron chi connectivity index (χ3n) is 1.80. The summed E-state index contributed by atoms with van der Waals surface area (Å²) in [6.07, 6.45) is 0.653. The molecule has 0 atom stereocenters. The Labute approximate surface area is 82.7 Å². The molecule has 2 rings (SSSR count). The number of fused-ring (bicyclic) bond motifs is 1. The van der Waals surface area contributed by atoms with Crippen LogP contribution in [0, 0.1) is 5.82 Å². The van der Waals surface area contributed by atoms with Crippen LogP contribution in [0.4, 0.5) is 4.39 Å². The number of halogens is 2. The fourth-order valence-corrected chi connectivity index (χ4v) is 2.36. The second-order valence-electron chi connectivity index (χ2n) is 2.54. The average Bonchev–Trinajstić information content (AvgIpc) is 2.48. The fraction of sp³-hybridized carbons (Fsp3) is 0. The molecule has 0 aliphatic carbocycles. The zero-order valence-corrected chi connectivity index (χ0v) is 7.95. The van der Waals surface area contributed by atoms with Gasteiger partial charge in [-0.2, -0.15) is 0 Å². The third-order valence-corrected chi connectivity index (χ3v) is 3.13. The van der Waals surface area contributed by atoms with Gasteiger partial charge in [0.1, 0.15) is 5.82 Å². The molecule has 13 heavy (non-hydrogen) atoms. The van der Waals surface area contributed by atoms with Gasteiger partial charge in [-0.05, 0) is 12.1 Å². The van der Waals surface area contributed by atoms with Crippen LogP contribution in [0.3, 0.4) is 0 Å². The molecule has 0 fully saturated rings. The molecular weight excluding hydrogens is 211 g/mol. The maximum Gasteiger partial charge on any atom is 0.153 e. The van der Waals surface area contributed by atoms with Gasteiger partial charge in [0.25, 0.3) is 0 Å². The van der Waals surface area contributed by atoms with Gasteiger partial charge in [-0.3, -0.25) is 4.79 Å². The SMILES string of the molecule is O=Cc1c(Cl)ccc2c(F)csc12. The predicted octanol–water partition coefficient (Wildman–Crippen LogP) is 3.51. The van der Waals surface area contributed by atoms with E-state index in [1.54, 1.807) is 6.07 Å². The van der Waals surface area contributed by atoms with Crippen molar-refractivity contribution in [3.8, 4) is 0 Å². The van der Waals surface area contributed by atoms with Gasteiger partial charge in [-0.1, -0.05) is 11.6 Å². The monoisotopic (exact) mass is 214 g/mol. The molecule has 0 aliphatic rings. The number of thiophene rings is 1. The van der Waals surface area contributed by atoms with Gasteiger partial charge in [-0.25, -0.2) is 4.39 Å². The van der Waals surface area contributed by atoms with Gasteiger partial charge >= 0.3 is 0 Å². The molecular formula is C9H4ClFOS. The van der Waals surface area contributed by atoms with E-state index in [1.807, 2.05) is 0 Å². The molecule has 1 aromatic carbocycles. The van der Waals surface area contributed by atoms with Crippen molar-refractivity contribution < 1.29 is 9.18 Å². The van der Waals surface area contributed by atoms with E-state index in [0.29, 0.717) is 27.0 Å². The lowest BCUT2D eigenvalue weighted by Crippen LogP contribution is -1.81. The molecule has 0 unspecified atom stereocenters. The van der Waals surface area contributed by atoms with E-state index in [-0.39, 0.29) is 5.82 Å². The first-order chi connectivity index (χ1) is 6.24. The summed E-state index contributed by atoms with van der Waals surface area (Å²) in [6.45, 7) is 0. The topological polar surface area (TPSA) is 17.1 Å². The van der Waals surface area contributed by atoms with E-state index < -0.39 is 0 Å². The van der Waals surface area contributed by atoms with Gasteiger partial charge in [-0.15, -0.1) is 11.3 Å². The summed E-state index contributed by atoms with van der Waals surface area (Å²) in [6, 6.07) is 3.11. The van der Waals surface area contributed by atoms with Crippen LogP contribution in [0.25, 0.3) is 10.1 Å². The Morgan fingerprint density at radius 1 is 1.46 bits per heavy atom. The number of aldehydes is 1. The van der Waals surface area contributed by atoms with Gasteiger partial charge in [0.2, 0.25) is 0 Å². The van der Waals surface area contributed by atoms with Crippen molar-refractivity contribution in [2.24, 2.45) is 0 Å². The van der Waals surface area contributed by atoms with E-state index in [1.165, 1.54) is 22.8 Å². The zero-order valence-electron chi connectivity index (χ0n) is 6.38. The molecule has 0 saturated carbocycles. The minimum atomic E-state index is -0.306. The predicted molar refractivity (Wildman–Crippen MR) is 52.2 cm³/mol. The van der Waals surface area contributed by atoms with Crippen LogP contribution in [0.15, 0.2) is 17.5 Å². The summed E-state index contributed by atoms with van der Waals surface area (Å²) in [4.78, 5) is 10.7. The number of carbonyl (C=O) groups excluding carboxylic acids is 1. The maximum atomic E-state index is 13.0. The standard InChI is InChI=1S/C9H4ClFOS/c10-7-2-1-5-8(11)4-13-9(5)6(7)3-12/h1-4H. The Morgan fingerprint density at radius 3 is 2.92 bits per heavy atom. The fourth-order valence-electron chi connectivity index (χ4n) is 1.17. The molecule has 0 saturated heterocycles. The Morgan fingerprint density at radius 2 is 2.23 bits per heavy atom. The summed E-state index contributed by atoms with van der Waals surface area (Å²) in [5.41, 5.74) is 0.369. The number of hydrogen-bond acceptors (Lipinski definition) is 2. The van der Waals surface area contributed by atoms with Crippen LogP contribution >= 0.6 is 22.9 Å². The smallest absolute Gasteiger partial charge is 0.153 e. The first-order valence-electron chi connectivity index (χ1n) is 3.54. The van der Waals surface area contributed by atoms with Gasteiger partial charge < -0.3 is 0 Å². The lowest BCUT2D eigenvalue weighted by atomic mass is 10.2. The van der Waals surface area contributed by atoms with E-state index >= 15 is 0 Å². The van der Waals surface area contributed by atoms with Gasteiger partial charge in [0, 0.05) is 15.5 Å². The number of hydrogen-bond donors (Lipinski definition) is 0. The molecule has 0 spiro atoms. The summed E-state index contributed by atoms with van der Waals surface area (Å²) >= 11 is 6.95. The molecule has 0 radical (unpaired) electrons. The average molecular weight is 215 g/mol. The summed E-state index contributed by atoms with van der Waals surface area (Å²) < 4.78 is 13.7. The molecule has 0 bridgehead atoms. The van der Waals surface area contributed by atoms with Crippen LogP contribution < -0.4 is 0 Å². The largest absolute Gasteiger partial charge is 0.298 e. The minimum Gasteiger partial charge on any atom is -0.298 e. The quantitative estimate of drug-likeness (QED) is 0.664. The normalized spacial score (nSPS) is 10.6. The van der Waals surface area contributed by atoms with Crippen LogP contribution in [0.2, 0.25) is 5.02 Å². The Balaban J connectivity index is 2.92. The van der Waals surface area contributed by atoms with Crippen LogP contribution in [-0.2, 0) is 0 Å². The van der Waals surface area contributed by atoms with Crippen LogP contribution in [-0.4, -0.2) is 6.29 Å². The van der Waals surface area contributed by atoms with E-state index in [0.717, 1.165) is 0 Å². The highest BCUT2D eigenvalue weighted by atomic mass is 35.5. The maximum absolute atomic E-state index is 13.0. The van der Waals surface area contributed by atoms with Crippen LogP contribution in [0.5, 0.6) is 0 Å². The molecule has 1 aromatic heterocycles. The first kappa shape index (κ1) is 8.66. The highest BCUT2D eigenvalue weighted by Crippen LogP contribution is 2.31.